The molecule has 0 atom stereocenters. The van der Waals surface area contributed by atoms with Crippen molar-refractivity contribution >= 4 is 5.97 Å². The van der Waals surface area contributed by atoms with E-state index in [1.165, 1.54) is 19.1 Å². The van der Waals surface area contributed by atoms with Gasteiger partial charge in [0.1, 0.15) is 11.8 Å². The number of hydrogen-bond acceptors (Lipinski definition) is 4. The average molecular weight is 255 g/mol. The first-order chi connectivity index (χ1) is 8.49. The van der Waals surface area contributed by atoms with Gasteiger partial charge < -0.3 is 9.47 Å². The lowest BCUT2D eigenvalue weighted by molar-refractivity contribution is -0.0504. The van der Waals surface area contributed by atoms with Crippen molar-refractivity contribution in [3.63, 3.8) is 0 Å². The second-order valence-corrected chi connectivity index (χ2v) is 3.38. The lowest BCUT2D eigenvalue weighted by atomic mass is 10.1. The highest BCUT2D eigenvalue weighted by atomic mass is 19.3. The number of nitriles is 1. The summed E-state index contributed by atoms with van der Waals surface area (Å²) in [5.74, 6) is -0.832. The summed E-state index contributed by atoms with van der Waals surface area (Å²) in [7, 11) is 0. The Balaban J connectivity index is 3.19. The van der Waals surface area contributed by atoms with Crippen LogP contribution < -0.4 is 4.74 Å². The van der Waals surface area contributed by atoms with E-state index in [4.69, 9.17) is 10.00 Å². The number of halogens is 2. The summed E-state index contributed by atoms with van der Waals surface area (Å²) in [6, 6.07) is 4.23. The maximum Gasteiger partial charge on any atom is 0.387 e. The third-order valence-electron chi connectivity index (χ3n) is 2.11. The Hall–Kier alpha value is -2.16. The van der Waals surface area contributed by atoms with Gasteiger partial charge in [-0.05, 0) is 31.5 Å². The third kappa shape index (κ3) is 3.17. The van der Waals surface area contributed by atoms with Gasteiger partial charge in [0.05, 0.1) is 17.7 Å². The summed E-state index contributed by atoms with van der Waals surface area (Å²) in [5, 5.41) is 8.86. The van der Waals surface area contributed by atoms with Crippen LogP contribution in [0.3, 0.4) is 0 Å². The number of ether oxygens (including phenoxy) is 2. The molecule has 0 unspecified atom stereocenters. The largest absolute Gasteiger partial charge is 0.462 e. The molecule has 0 radical (unpaired) electrons. The molecule has 0 fully saturated rings. The highest BCUT2D eigenvalue weighted by molar-refractivity contribution is 5.90. The predicted octanol–water partition coefficient (Wildman–Crippen LogP) is 2.64. The van der Waals surface area contributed by atoms with E-state index < -0.39 is 12.6 Å². The molecular weight excluding hydrogens is 244 g/mol. The minimum Gasteiger partial charge on any atom is -0.462 e. The van der Waals surface area contributed by atoms with Crippen molar-refractivity contribution < 1.29 is 23.0 Å². The molecule has 0 saturated carbocycles. The molecule has 0 aliphatic carbocycles. The Morgan fingerprint density at radius 3 is 2.67 bits per heavy atom. The summed E-state index contributed by atoms with van der Waals surface area (Å²) in [6.45, 7) is 0.282. The van der Waals surface area contributed by atoms with Gasteiger partial charge in [0, 0.05) is 0 Å². The first kappa shape index (κ1) is 13.9. The topological polar surface area (TPSA) is 59.3 Å². The summed E-state index contributed by atoms with van der Waals surface area (Å²) >= 11 is 0. The molecule has 0 aromatic heterocycles. The third-order valence-corrected chi connectivity index (χ3v) is 2.11. The highest BCUT2D eigenvalue weighted by Crippen LogP contribution is 2.26. The monoisotopic (exact) mass is 255 g/mol. The molecule has 0 bridgehead atoms. The molecule has 18 heavy (non-hydrogen) atoms. The number of aryl methyl sites for hydroxylation is 1. The molecule has 96 valence electrons. The number of carbonyl (C=O) groups is 1. The van der Waals surface area contributed by atoms with Gasteiger partial charge >= 0.3 is 12.6 Å². The summed E-state index contributed by atoms with van der Waals surface area (Å²) in [5.41, 5.74) is 0.281. The fourth-order valence-corrected chi connectivity index (χ4v) is 1.43. The number of benzene rings is 1. The zero-order valence-corrected chi connectivity index (χ0v) is 9.87. The van der Waals surface area contributed by atoms with E-state index in [-0.39, 0.29) is 29.0 Å². The number of carbonyl (C=O) groups excluding carboxylic acids is 1. The van der Waals surface area contributed by atoms with Crippen molar-refractivity contribution in [3.8, 4) is 11.8 Å². The second kappa shape index (κ2) is 5.96. The van der Waals surface area contributed by atoms with Crippen LogP contribution in [0.2, 0.25) is 0 Å². The molecule has 1 rings (SSSR count). The molecule has 0 heterocycles. The van der Waals surface area contributed by atoms with Crippen LogP contribution in [0.15, 0.2) is 12.1 Å². The molecule has 4 nitrogen and oxygen atoms in total. The molecule has 0 aliphatic heterocycles. The first-order valence-corrected chi connectivity index (χ1v) is 5.16. The van der Waals surface area contributed by atoms with Gasteiger partial charge in [-0.1, -0.05) is 0 Å². The summed E-state index contributed by atoms with van der Waals surface area (Å²) < 4.78 is 33.4. The Morgan fingerprint density at radius 2 is 2.17 bits per heavy atom. The average Bonchev–Trinajstić information content (AvgIpc) is 2.31. The van der Waals surface area contributed by atoms with E-state index in [0.717, 1.165) is 0 Å². The van der Waals surface area contributed by atoms with Gasteiger partial charge in [-0.2, -0.15) is 14.0 Å². The van der Waals surface area contributed by atoms with Crippen LogP contribution in [-0.4, -0.2) is 19.2 Å². The minimum absolute atomic E-state index is 0.127. The second-order valence-electron chi connectivity index (χ2n) is 3.38. The van der Waals surface area contributed by atoms with E-state index in [9.17, 15) is 13.6 Å². The Morgan fingerprint density at radius 1 is 1.50 bits per heavy atom. The molecule has 0 N–H and O–H groups in total. The van der Waals surface area contributed by atoms with E-state index in [2.05, 4.69) is 4.74 Å². The van der Waals surface area contributed by atoms with Crippen molar-refractivity contribution in [2.45, 2.75) is 20.5 Å². The standard InChI is InChI=1S/C12H11F2NO3/c1-3-17-11(16)8-4-7(2)10(18-12(13)14)9(5-8)6-15/h4-5,12H,3H2,1-2H3. The van der Waals surface area contributed by atoms with Crippen LogP contribution in [0.4, 0.5) is 8.78 Å². The number of esters is 1. The molecule has 6 heteroatoms. The quantitative estimate of drug-likeness (QED) is 0.776. The van der Waals surface area contributed by atoms with Gasteiger partial charge in [-0.15, -0.1) is 0 Å². The van der Waals surface area contributed by atoms with Gasteiger partial charge in [-0.3, -0.25) is 0 Å². The number of hydrogen-bond donors (Lipinski definition) is 0. The maximum atomic E-state index is 12.2. The summed E-state index contributed by atoms with van der Waals surface area (Å²) in [6.07, 6.45) is 0. The molecule has 0 aliphatic rings. The van der Waals surface area contributed by atoms with E-state index in [0.29, 0.717) is 0 Å². The number of nitrogens with zero attached hydrogens (tertiary/aromatic N) is 1. The van der Waals surface area contributed by atoms with Crippen LogP contribution in [0, 0.1) is 18.3 Å². The lowest BCUT2D eigenvalue weighted by Crippen LogP contribution is -2.09. The number of rotatable bonds is 4. The maximum absolute atomic E-state index is 12.2. The Labute approximate surface area is 103 Å². The Bertz CT molecular complexity index is 495. The van der Waals surface area contributed by atoms with Crippen LogP contribution in [-0.2, 0) is 4.74 Å². The SMILES string of the molecule is CCOC(=O)c1cc(C)c(OC(F)F)c(C#N)c1. The zero-order chi connectivity index (χ0) is 13.7. The molecule has 0 amide bonds. The van der Waals surface area contributed by atoms with Gasteiger partial charge in [0.2, 0.25) is 0 Å². The van der Waals surface area contributed by atoms with Crippen LogP contribution in [0.1, 0.15) is 28.4 Å². The van der Waals surface area contributed by atoms with Crippen molar-refractivity contribution in [2.75, 3.05) is 6.61 Å². The van der Waals surface area contributed by atoms with E-state index >= 15 is 0 Å². The Kier molecular flexibility index (Phi) is 4.60. The van der Waals surface area contributed by atoms with Crippen molar-refractivity contribution in [1.29, 1.82) is 5.26 Å². The van der Waals surface area contributed by atoms with Crippen LogP contribution in [0.5, 0.6) is 5.75 Å². The van der Waals surface area contributed by atoms with Crippen molar-refractivity contribution in [1.82, 2.24) is 0 Å². The molecule has 0 spiro atoms. The highest BCUT2D eigenvalue weighted by Gasteiger charge is 2.17. The van der Waals surface area contributed by atoms with Crippen LogP contribution >= 0.6 is 0 Å². The molecule has 0 saturated heterocycles. The van der Waals surface area contributed by atoms with Crippen molar-refractivity contribution in [2.24, 2.45) is 0 Å². The van der Waals surface area contributed by atoms with Crippen molar-refractivity contribution in [3.05, 3.63) is 28.8 Å². The molecule has 1 aromatic rings. The fourth-order valence-electron chi connectivity index (χ4n) is 1.43. The number of alkyl halides is 2. The van der Waals surface area contributed by atoms with E-state index in [1.807, 2.05) is 0 Å². The normalized spacial score (nSPS) is 10.0. The first-order valence-electron chi connectivity index (χ1n) is 5.16. The van der Waals surface area contributed by atoms with E-state index in [1.54, 1.807) is 13.0 Å². The van der Waals surface area contributed by atoms with Gasteiger partial charge in [-0.25, -0.2) is 4.79 Å². The molecule has 1 aromatic carbocycles. The lowest BCUT2D eigenvalue weighted by Gasteiger charge is -2.11. The molecular formula is C12H11F2NO3. The smallest absolute Gasteiger partial charge is 0.387 e. The van der Waals surface area contributed by atoms with Crippen LogP contribution in [0.25, 0.3) is 0 Å². The van der Waals surface area contributed by atoms with Gasteiger partial charge in [0.25, 0.3) is 0 Å². The van der Waals surface area contributed by atoms with Gasteiger partial charge in [0.15, 0.2) is 0 Å². The fraction of sp³-hybridized carbons (Fsp3) is 0.333. The minimum atomic E-state index is -3.02. The predicted molar refractivity (Wildman–Crippen MR) is 58.5 cm³/mol. The zero-order valence-electron chi connectivity index (χ0n) is 9.87. The summed E-state index contributed by atoms with van der Waals surface area (Å²) in [4.78, 5) is 11.5.